The second kappa shape index (κ2) is 6.31. The summed E-state index contributed by atoms with van der Waals surface area (Å²) in [6.45, 7) is 7.43. The number of allylic oxidation sites excluding steroid dienone is 1. The zero-order valence-electron chi connectivity index (χ0n) is 13.9. The Morgan fingerprint density at radius 3 is 2.68 bits per heavy atom. The van der Waals surface area contributed by atoms with Crippen LogP contribution in [0, 0.1) is 10.8 Å². The highest BCUT2D eigenvalue weighted by molar-refractivity contribution is 5.79. The Morgan fingerprint density at radius 2 is 2.14 bits per heavy atom. The van der Waals surface area contributed by atoms with Crippen molar-refractivity contribution >= 4 is 12.0 Å². The number of hydrogen-bond acceptors (Lipinski definition) is 2. The van der Waals surface area contributed by atoms with Gasteiger partial charge in [-0.25, -0.2) is 4.79 Å². The van der Waals surface area contributed by atoms with E-state index in [0.717, 1.165) is 12.8 Å². The maximum Gasteiger partial charge on any atom is 0.317 e. The highest BCUT2D eigenvalue weighted by atomic mass is 16.4. The first kappa shape index (κ1) is 16.8. The zero-order valence-corrected chi connectivity index (χ0v) is 13.9. The number of nitrogens with zero attached hydrogens (tertiary/aromatic N) is 1. The van der Waals surface area contributed by atoms with Gasteiger partial charge in [-0.1, -0.05) is 25.5 Å². The van der Waals surface area contributed by atoms with Gasteiger partial charge in [0.2, 0.25) is 0 Å². The zero-order chi connectivity index (χ0) is 16.4. The van der Waals surface area contributed by atoms with Crippen LogP contribution in [0.5, 0.6) is 0 Å². The molecule has 0 saturated carbocycles. The number of urea groups is 1. The van der Waals surface area contributed by atoms with Gasteiger partial charge >= 0.3 is 12.0 Å². The van der Waals surface area contributed by atoms with E-state index in [1.165, 1.54) is 18.4 Å². The van der Waals surface area contributed by atoms with Gasteiger partial charge in [0, 0.05) is 25.0 Å². The lowest BCUT2D eigenvalue weighted by Crippen LogP contribution is -2.44. The van der Waals surface area contributed by atoms with Gasteiger partial charge in [-0.3, -0.25) is 4.79 Å². The molecule has 0 bridgehead atoms. The summed E-state index contributed by atoms with van der Waals surface area (Å²) in [4.78, 5) is 25.2. The number of rotatable bonds is 4. The summed E-state index contributed by atoms with van der Waals surface area (Å²) in [6.07, 6.45) is 7.57. The number of carbonyl (C=O) groups is 2. The van der Waals surface area contributed by atoms with Crippen LogP contribution in [0.1, 0.15) is 52.9 Å². The summed E-state index contributed by atoms with van der Waals surface area (Å²) < 4.78 is 0. The number of hydrogen-bond donors (Lipinski definition) is 2. The predicted molar refractivity (Wildman–Crippen MR) is 85.7 cm³/mol. The Labute approximate surface area is 132 Å². The van der Waals surface area contributed by atoms with Crippen molar-refractivity contribution in [1.82, 2.24) is 10.2 Å². The lowest BCUT2D eigenvalue weighted by molar-refractivity contribution is -0.147. The molecule has 1 heterocycles. The minimum Gasteiger partial charge on any atom is -0.481 e. The Balaban J connectivity index is 1.88. The number of amides is 2. The monoisotopic (exact) mass is 308 g/mol. The van der Waals surface area contributed by atoms with E-state index in [9.17, 15) is 14.7 Å². The van der Waals surface area contributed by atoms with Gasteiger partial charge in [0.15, 0.2) is 0 Å². The molecular weight excluding hydrogens is 280 g/mol. The molecule has 22 heavy (non-hydrogen) atoms. The highest BCUT2D eigenvalue weighted by Crippen LogP contribution is 2.34. The number of carboxylic acids is 1. The average Bonchev–Trinajstić information content (AvgIpc) is 2.90. The van der Waals surface area contributed by atoms with Crippen molar-refractivity contribution in [1.29, 1.82) is 0 Å². The molecule has 2 amide bonds. The van der Waals surface area contributed by atoms with Crippen LogP contribution in [0.15, 0.2) is 11.6 Å². The number of carboxylic acid groups (broad SMARTS) is 1. The van der Waals surface area contributed by atoms with Crippen molar-refractivity contribution in [2.75, 3.05) is 19.6 Å². The SMILES string of the molecule is CC(C)(CNC(=O)N1CCC(C)(C(=O)O)C1)C1=CCCCC1. The second-order valence-electron chi connectivity index (χ2n) is 7.56. The van der Waals surface area contributed by atoms with Crippen LogP contribution in [0.25, 0.3) is 0 Å². The standard InChI is InChI=1S/C17H28N2O3/c1-16(2,13-7-5-4-6-8-13)11-18-15(22)19-10-9-17(3,12-19)14(20)21/h7H,4-6,8-12H2,1-3H3,(H,18,22)(H,20,21). The molecule has 5 heteroatoms. The normalized spacial score (nSPS) is 25.8. The minimum atomic E-state index is -0.824. The fourth-order valence-electron chi connectivity index (χ4n) is 3.28. The highest BCUT2D eigenvalue weighted by Gasteiger charge is 2.42. The first-order chi connectivity index (χ1) is 10.2. The van der Waals surface area contributed by atoms with E-state index >= 15 is 0 Å². The van der Waals surface area contributed by atoms with E-state index in [-0.39, 0.29) is 18.0 Å². The van der Waals surface area contributed by atoms with Crippen molar-refractivity contribution in [3.05, 3.63) is 11.6 Å². The summed E-state index contributed by atoms with van der Waals surface area (Å²) in [7, 11) is 0. The van der Waals surface area contributed by atoms with Gasteiger partial charge < -0.3 is 15.3 Å². The third kappa shape index (κ3) is 3.62. The average molecular weight is 308 g/mol. The number of aliphatic carboxylic acids is 1. The Kier molecular flexibility index (Phi) is 4.83. The lowest BCUT2D eigenvalue weighted by Gasteiger charge is -2.31. The molecule has 0 aromatic heterocycles. The van der Waals surface area contributed by atoms with Crippen LogP contribution in [0.2, 0.25) is 0 Å². The molecule has 0 radical (unpaired) electrons. The lowest BCUT2D eigenvalue weighted by atomic mass is 9.78. The molecule has 1 saturated heterocycles. The van der Waals surface area contributed by atoms with E-state index in [4.69, 9.17) is 0 Å². The Morgan fingerprint density at radius 1 is 1.41 bits per heavy atom. The molecule has 2 aliphatic rings. The van der Waals surface area contributed by atoms with Crippen molar-refractivity contribution in [3.63, 3.8) is 0 Å². The number of nitrogens with one attached hydrogen (secondary N) is 1. The summed E-state index contributed by atoms with van der Waals surface area (Å²) in [5.74, 6) is -0.824. The molecule has 0 aromatic rings. The fourth-order valence-corrected chi connectivity index (χ4v) is 3.28. The van der Waals surface area contributed by atoms with E-state index < -0.39 is 11.4 Å². The van der Waals surface area contributed by atoms with E-state index in [1.54, 1.807) is 11.8 Å². The predicted octanol–water partition coefficient (Wildman–Crippen LogP) is 3.02. The van der Waals surface area contributed by atoms with Crippen LogP contribution in [0.4, 0.5) is 4.79 Å². The maximum atomic E-state index is 12.3. The summed E-state index contributed by atoms with van der Waals surface area (Å²) in [5.41, 5.74) is 0.584. The first-order valence-electron chi connectivity index (χ1n) is 8.20. The Hall–Kier alpha value is -1.52. The van der Waals surface area contributed by atoms with Gasteiger partial charge in [0.05, 0.1) is 5.41 Å². The molecular formula is C17H28N2O3. The largest absolute Gasteiger partial charge is 0.481 e. The molecule has 5 nitrogen and oxygen atoms in total. The molecule has 1 aliphatic heterocycles. The Bertz CT molecular complexity index is 484. The van der Waals surface area contributed by atoms with Gasteiger partial charge in [-0.15, -0.1) is 0 Å². The molecule has 2 N–H and O–H groups in total. The van der Waals surface area contributed by atoms with Crippen LogP contribution < -0.4 is 5.32 Å². The van der Waals surface area contributed by atoms with Crippen LogP contribution in [-0.4, -0.2) is 41.6 Å². The maximum absolute atomic E-state index is 12.3. The molecule has 0 spiro atoms. The van der Waals surface area contributed by atoms with Gasteiger partial charge in [0.25, 0.3) is 0 Å². The van der Waals surface area contributed by atoms with E-state index in [0.29, 0.717) is 19.5 Å². The molecule has 124 valence electrons. The number of likely N-dealkylation sites (tertiary alicyclic amines) is 1. The molecule has 1 atom stereocenters. The smallest absolute Gasteiger partial charge is 0.317 e. The summed E-state index contributed by atoms with van der Waals surface area (Å²) >= 11 is 0. The number of carbonyl (C=O) groups excluding carboxylic acids is 1. The quantitative estimate of drug-likeness (QED) is 0.784. The van der Waals surface area contributed by atoms with Crippen molar-refractivity contribution in [3.8, 4) is 0 Å². The first-order valence-corrected chi connectivity index (χ1v) is 8.20. The van der Waals surface area contributed by atoms with Crippen molar-refractivity contribution in [2.24, 2.45) is 10.8 Å². The van der Waals surface area contributed by atoms with Crippen LogP contribution in [0.3, 0.4) is 0 Å². The van der Waals surface area contributed by atoms with Crippen molar-refractivity contribution in [2.45, 2.75) is 52.9 Å². The van der Waals surface area contributed by atoms with Gasteiger partial charge in [-0.2, -0.15) is 0 Å². The third-order valence-corrected chi connectivity index (χ3v) is 5.12. The molecule has 1 aliphatic carbocycles. The molecule has 0 aromatic carbocycles. The minimum absolute atomic E-state index is 0.0358. The van der Waals surface area contributed by atoms with Crippen LogP contribution >= 0.6 is 0 Å². The third-order valence-electron chi connectivity index (χ3n) is 5.12. The topological polar surface area (TPSA) is 69.6 Å². The summed E-state index contributed by atoms with van der Waals surface area (Å²) in [6, 6.07) is -0.144. The van der Waals surface area contributed by atoms with Crippen LogP contribution in [-0.2, 0) is 4.79 Å². The van der Waals surface area contributed by atoms with Gasteiger partial charge in [0.1, 0.15) is 0 Å². The van der Waals surface area contributed by atoms with Crippen molar-refractivity contribution < 1.29 is 14.7 Å². The summed E-state index contributed by atoms with van der Waals surface area (Å²) in [5, 5.41) is 12.2. The van der Waals surface area contributed by atoms with Gasteiger partial charge in [-0.05, 0) is 39.0 Å². The fraction of sp³-hybridized carbons (Fsp3) is 0.765. The molecule has 1 fully saturated rings. The van der Waals surface area contributed by atoms with E-state index in [1.807, 2.05) is 0 Å². The molecule has 1 unspecified atom stereocenters. The molecule has 2 rings (SSSR count). The van der Waals surface area contributed by atoms with E-state index in [2.05, 4.69) is 25.2 Å². The second-order valence-corrected chi connectivity index (χ2v) is 7.56.